The lowest BCUT2D eigenvalue weighted by Gasteiger charge is -2.22. The quantitative estimate of drug-likeness (QED) is 0.724. The monoisotopic (exact) mass is 253 g/mol. The number of nitrogens with zero attached hydrogens (tertiary/aromatic N) is 3. The van der Waals surface area contributed by atoms with Gasteiger partial charge in [-0.2, -0.15) is 0 Å². The van der Waals surface area contributed by atoms with Crippen molar-refractivity contribution < 1.29 is 9.53 Å². The Morgan fingerprint density at radius 2 is 2.33 bits per heavy atom. The van der Waals surface area contributed by atoms with E-state index in [0.717, 1.165) is 31.7 Å². The minimum absolute atomic E-state index is 0.0252. The summed E-state index contributed by atoms with van der Waals surface area (Å²) in [5.74, 6) is -0.0252. The Hall–Kier alpha value is -1.47. The van der Waals surface area contributed by atoms with Crippen molar-refractivity contribution in [3.05, 3.63) is 11.9 Å². The van der Waals surface area contributed by atoms with Crippen LogP contribution in [0.1, 0.15) is 18.5 Å². The van der Waals surface area contributed by atoms with Crippen molar-refractivity contribution in [2.24, 2.45) is 0 Å². The highest BCUT2D eigenvalue weighted by molar-refractivity contribution is 5.75. The Balaban J connectivity index is 1.78. The summed E-state index contributed by atoms with van der Waals surface area (Å²) in [6.45, 7) is 2.32. The minimum atomic E-state index is -0.0252. The molecule has 0 radical (unpaired) electrons. The summed E-state index contributed by atoms with van der Waals surface area (Å²) in [6, 6.07) is 0.228. The number of carbonyl (C=O) groups is 1. The molecule has 1 aliphatic rings. The van der Waals surface area contributed by atoms with Gasteiger partial charge in [0.2, 0.25) is 5.91 Å². The highest BCUT2D eigenvalue weighted by atomic mass is 16.5. The predicted octanol–water partition coefficient (Wildman–Crippen LogP) is -0.707. The minimum Gasteiger partial charge on any atom is -0.381 e. The molecule has 1 amide bonds. The van der Waals surface area contributed by atoms with E-state index in [-0.39, 0.29) is 18.5 Å². The fourth-order valence-corrected chi connectivity index (χ4v) is 1.94. The largest absolute Gasteiger partial charge is 0.381 e. The normalized spacial score (nSPS) is 16.7. The number of nitrogens with one attached hydrogen (secondary N) is 2. The number of rotatable bonds is 5. The summed E-state index contributed by atoms with van der Waals surface area (Å²) in [5.41, 5.74) is 0.830. The zero-order valence-electron chi connectivity index (χ0n) is 10.6. The first-order valence-electron chi connectivity index (χ1n) is 6.18. The number of carbonyl (C=O) groups excluding carboxylic acids is 1. The van der Waals surface area contributed by atoms with Crippen molar-refractivity contribution in [3.63, 3.8) is 0 Å². The van der Waals surface area contributed by atoms with Gasteiger partial charge in [-0.05, 0) is 19.9 Å². The third-order valence-electron chi connectivity index (χ3n) is 2.84. The van der Waals surface area contributed by atoms with E-state index >= 15 is 0 Å². The molecule has 0 spiro atoms. The van der Waals surface area contributed by atoms with Gasteiger partial charge >= 0.3 is 0 Å². The lowest BCUT2D eigenvalue weighted by atomic mass is 10.1. The maximum absolute atomic E-state index is 11.8. The molecule has 0 unspecified atom stereocenters. The second kappa shape index (κ2) is 6.46. The van der Waals surface area contributed by atoms with Gasteiger partial charge in [-0.1, -0.05) is 5.21 Å². The summed E-state index contributed by atoms with van der Waals surface area (Å²) in [4.78, 5) is 11.8. The van der Waals surface area contributed by atoms with Crippen molar-refractivity contribution in [2.75, 3.05) is 20.3 Å². The molecule has 0 atom stereocenters. The molecule has 2 N–H and O–H groups in total. The average Bonchev–Trinajstić information content (AvgIpc) is 2.78. The molecule has 7 heteroatoms. The molecular weight excluding hydrogens is 234 g/mol. The average molecular weight is 253 g/mol. The predicted molar refractivity (Wildman–Crippen MR) is 64.8 cm³/mol. The number of aromatic nitrogens is 3. The SMILES string of the molecule is CNCc1cn(CC(=O)NC2CCOCC2)nn1. The molecule has 0 aliphatic carbocycles. The molecule has 1 saturated heterocycles. The highest BCUT2D eigenvalue weighted by Crippen LogP contribution is 2.05. The summed E-state index contributed by atoms with van der Waals surface area (Å²) in [7, 11) is 1.84. The molecule has 1 aliphatic heterocycles. The van der Waals surface area contributed by atoms with Crippen LogP contribution in [0.15, 0.2) is 6.20 Å². The third kappa shape index (κ3) is 3.78. The van der Waals surface area contributed by atoms with E-state index in [1.165, 1.54) is 0 Å². The van der Waals surface area contributed by atoms with Crippen molar-refractivity contribution in [3.8, 4) is 0 Å². The van der Waals surface area contributed by atoms with Crippen molar-refractivity contribution in [1.29, 1.82) is 0 Å². The van der Waals surface area contributed by atoms with Gasteiger partial charge in [0.05, 0.1) is 11.9 Å². The summed E-state index contributed by atoms with van der Waals surface area (Å²) in [5, 5.41) is 13.8. The van der Waals surface area contributed by atoms with E-state index in [2.05, 4.69) is 20.9 Å². The molecule has 1 aromatic heterocycles. The van der Waals surface area contributed by atoms with Crippen LogP contribution in [0.4, 0.5) is 0 Å². The lowest BCUT2D eigenvalue weighted by molar-refractivity contribution is -0.123. The van der Waals surface area contributed by atoms with Gasteiger partial charge in [-0.3, -0.25) is 4.79 Å². The molecule has 0 saturated carbocycles. The van der Waals surface area contributed by atoms with E-state index in [1.54, 1.807) is 10.9 Å². The fourth-order valence-electron chi connectivity index (χ4n) is 1.94. The molecule has 2 heterocycles. The molecule has 0 bridgehead atoms. The van der Waals surface area contributed by atoms with Gasteiger partial charge in [0.15, 0.2) is 0 Å². The highest BCUT2D eigenvalue weighted by Gasteiger charge is 2.16. The summed E-state index contributed by atoms with van der Waals surface area (Å²) < 4.78 is 6.80. The maximum Gasteiger partial charge on any atom is 0.242 e. The molecule has 1 fully saturated rings. The van der Waals surface area contributed by atoms with Gasteiger partial charge in [-0.15, -0.1) is 5.10 Å². The Labute approximate surface area is 106 Å². The molecule has 7 nitrogen and oxygen atoms in total. The Morgan fingerprint density at radius 3 is 3.06 bits per heavy atom. The smallest absolute Gasteiger partial charge is 0.242 e. The van der Waals surface area contributed by atoms with Crippen LogP contribution in [-0.4, -0.2) is 47.2 Å². The number of hydrogen-bond acceptors (Lipinski definition) is 5. The third-order valence-corrected chi connectivity index (χ3v) is 2.84. The van der Waals surface area contributed by atoms with Crippen LogP contribution in [0, 0.1) is 0 Å². The number of amides is 1. The van der Waals surface area contributed by atoms with Crippen LogP contribution < -0.4 is 10.6 Å². The van der Waals surface area contributed by atoms with E-state index in [1.807, 2.05) is 7.05 Å². The number of hydrogen-bond donors (Lipinski definition) is 2. The zero-order valence-corrected chi connectivity index (χ0v) is 10.6. The van der Waals surface area contributed by atoms with E-state index in [9.17, 15) is 4.79 Å². The molecule has 2 rings (SSSR count). The second-order valence-electron chi connectivity index (χ2n) is 4.39. The maximum atomic E-state index is 11.8. The lowest BCUT2D eigenvalue weighted by Crippen LogP contribution is -2.40. The topological polar surface area (TPSA) is 81.1 Å². The van der Waals surface area contributed by atoms with Crippen LogP contribution >= 0.6 is 0 Å². The van der Waals surface area contributed by atoms with E-state index < -0.39 is 0 Å². The Kier molecular flexibility index (Phi) is 4.66. The molecule has 18 heavy (non-hydrogen) atoms. The first-order valence-corrected chi connectivity index (χ1v) is 6.18. The van der Waals surface area contributed by atoms with E-state index in [4.69, 9.17) is 4.74 Å². The molecular formula is C11H19N5O2. The molecule has 1 aromatic rings. The van der Waals surface area contributed by atoms with Crippen LogP contribution in [0.25, 0.3) is 0 Å². The second-order valence-corrected chi connectivity index (χ2v) is 4.39. The van der Waals surface area contributed by atoms with Crippen LogP contribution in [0.5, 0.6) is 0 Å². The van der Waals surface area contributed by atoms with Gasteiger partial charge in [0.1, 0.15) is 6.54 Å². The van der Waals surface area contributed by atoms with Gasteiger partial charge in [-0.25, -0.2) is 4.68 Å². The van der Waals surface area contributed by atoms with Gasteiger partial charge < -0.3 is 15.4 Å². The van der Waals surface area contributed by atoms with Gasteiger partial charge in [0, 0.05) is 25.8 Å². The molecule has 100 valence electrons. The number of ether oxygens (including phenoxy) is 1. The summed E-state index contributed by atoms with van der Waals surface area (Å²) >= 11 is 0. The first kappa shape index (κ1) is 13.0. The van der Waals surface area contributed by atoms with Crippen molar-refractivity contribution in [2.45, 2.75) is 32.0 Å². The Bertz CT molecular complexity index is 387. The van der Waals surface area contributed by atoms with Crippen molar-refractivity contribution >= 4 is 5.91 Å². The Morgan fingerprint density at radius 1 is 1.56 bits per heavy atom. The van der Waals surface area contributed by atoms with Crippen LogP contribution in [-0.2, 0) is 22.6 Å². The first-order chi connectivity index (χ1) is 8.78. The van der Waals surface area contributed by atoms with E-state index in [0.29, 0.717) is 6.54 Å². The zero-order chi connectivity index (χ0) is 12.8. The fraction of sp³-hybridized carbons (Fsp3) is 0.727. The standard InChI is InChI=1S/C11H19N5O2/c1-12-6-10-7-16(15-14-10)8-11(17)13-9-2-4-18-5-3-9/h7,9,12H,2-6,8H2,1H3,(H,13,17). The van der Waals surface area contributed by atoms with Gasteiger partial charge in [0.25, 0.3) is 0 Å². The van der Waals surface area contributed by atoms with Crippen LogP contribution in [0.3, 0.4) is 0 Å². The molecule has 0 aromatic carbocycles. The summed E-state index contributed by atoms with van der Waals surface area (Å²) in [6.07, 6.45) is 3.54. The van der Waals surface area contributed by atoms with Crippen LogP contribution in [0.2, 0.25) is 0 Å². The van der Waals surface area contributed by atoms with Crippen molar-refractivity contribution in [1.82, 2.24) is 25.6 Å².